The van der Waals surface area contributed by atoms with Crippen LogP contribution < -0.4 is 27.4 Å². The molecular weight excluding hydrogens is 454 g/mol. The lowest BCUT2D eigenvalue weighted by Gasteiger charge is -2.24. The first kappa shape index (κ1) is 27.9. The molecule has 4 atom stereocenters. The molecule has 1 rings (SSSR count). The number of aliphatic hydroxyl groups is 1. The van der Waals surface area contributed by atoms with E-state index in [9.17, 15) is 34.2 Å². The normalized spacial score (nSPS) is 14.3. The van der Waals surface area contributed by atoms with Crippen molar-refractivity contribution in [2.24, 2.45) is 11.5 Å². The Balaban J connectivity index is 2.93. The van der Waals surface area contributed by atoms with Crippen LogP contribution in [0, 0.1) is 0 Å². The molecular formula is C20H29N5O7S. The van der Waals surface area contributed by atoms with Crippen molar-refractivity contribution in [2.75, 3.05) is 12.4 Å². The first-order valence-corrected chi connectivity index (χ1v) is 10.7. The van der Waals surface area contributed by atoms with Crippen LogP contribution in [-0.2, 0) is 30.4 Å². The maximum absolute atomic E-state index is 12.8. The van der Waals surface area contributed by atoms with Crippen molar-refractivity contribution >= 4 is 42.2 Å². The molecule has 0 saturated carbocycles. The minimum atomic E-state index is -1.44. The summed E-state index contributed by atoms with van der Waals surface area (Å²) in [5, 5.41) is 25.8. The topological polar surface area (TPSA) is 214 Å². The van der Waals surface area contributed by atoms with E-state index in [0.717, 1.165) is 0 Å². The molecule has 0 heterocycles. The van der Waals surface area contributed by atoms with Crippen LogP contribution in [0.4, 0.5) is 0 Å². The van der Waals surface area contributed by atoms with Gasteiger partial charge < -0.3 is 37.6 Å². The third kappa shape index (κ3) is 9.89. The Morgan fingerprint density at radius 3 is 1.97 bits per heavy atom. The average molecular weight is 484 g/mol. The maximum atomic E-state index is 12.8. The largest absolute Gasteiger partial charge is 0.480 e. The van der Waals surface area contributed by atoms with Gasteiger partial charge in [-0.3, -0.25) is 19.2 Å². The molecule has 13 heteroatoms. The number of nitrogens with two attached hydrogens (primary N) is 2. The van der Waals surface area contributed by atoms with Crippen LogP contribution in [0.2, 0.25) is 0 Å². The van der Waals surface area contributed by atoms with Gasteiger partial charge in [0.15, 0.2) is 0 Å². The van der Waals surface area contributed by atoms with Gasteiger partial charge in [-0.1, -0.05) is 30.3 Å². The summed E-state index contributed by atoms with van der Waals surface area (Å²) in [5.41, 5.74) is 11.3. The van der Waals surface area contributed by atoms with Gasteiger partial charge in [0.05, 0.1) is 12.6 Å². The standard InChI is InChI=1S/C20H29N5O7S/c21-12(10-33)17(28)25-15(9-26)19(30)23-13(6-7-16(22)27)18(29)24-14(20(31)32)8-11-4-2-1-3-5-11/h1-5,12-15,26,33H,6-10,21H2,(H2,22,27)(H,23,30)(H,24,29)(H,25,28)(H,31,32). The molecule has 12 nitrogen and oxygen atoms in total. The number of rotatable bonds is 14. The van der Waals surface area contributed by atoms with Gasteiger partial charge in [0.1, 0.15) is 18.1 Å². The van der Waals surface area contributed by atoms with E-state index in [0.29, 0.717) is 5.56 Å². The lowest BCUT2D eigenvalue weighted by atomic mass is 10.0. The van der Waals surface area contributed by atoms with Crippen LogP contribution >= 0.6 is 12.6 Å². The Kier molecular flexibility index (Phi) is 11.9. The fourth-order valence-electron chi connectivity index (χ4n) is 2.71. The van der Waals surface area contributed by atoms with Crippen LogP contribution in [0.25, 0.3) is 0 Å². The highest BCUT2D eigenvalue weighted by Gasteiger charge is 2.30. The van der Waals surface area contributed by atoms with E-state index >= 15 is 0 Å². The van der Waals surface area contributed by atoms with Crippen LogP contribution in [0.15, 0.2) is 30.3 Å². The molecule has 9 N–H and O–H groups in total. The second kappa shape index (κ2) is 14.1. The lowest BCUT2D eigenvalue weighted by Crippen LogP contribution is -2.58. The highest BCUT2D eigenvalue weighted by atomic mass is 32.1. The molecule has 4 unspecified atom stereocenters. The van der Waals surface area contributed by atoms with Crippen molar-refractivity contribution < 1.29 is 34.2 Å². The zero-order valence-electron chi connectivity index (χ0n) is 17.8. The minimum absolute atomic E-state index is 0.00671. The number of hydrogen-bond donors (Lipinski definition) is 8. The first-order chi connectivity index (χ1) is 15.6. The quantitative estimate of drug-likeness (QED) is 0.130. The molecule has 0 saturated heterocycles. The molecule has 0 bridgehead atoms. The maximum Gasteiger partial charge on any atom is 0.326 e. The smallest absolute Gasteiger partial charge is 0.326 e. The number of carbonyl (C=O) groups excluding carboxylic acids is 4. The minimum Gasteiger partial charge on any atom is -0.480 e. The number of primary amides is 1. The Labute approximate surface area is 195 Å². The molecule has 1 aromatic carbocycles. The van der Waals surface area contributed by atoms with Crippen LogP contribution in [0.5, 0.6) is 0 Å². The van der Waals surface area contributed by atoms with E-state index < -0.39 is 60.4 Å². The molecule has 1 aromatic rings. The van der Waals surface area contributed by atoms with Crippen molar-refractivity contribution in [1.82, 2.24) is 16.0 Å². The Hall–Kier alpha value is -3.16. The van der Waals surface area contributed by atoms with E-state index in [2.05, 4.69) is 28.6 Å². The summed E-state index contributed by atoms with van der Waals surface area (Å²) in [7, 11) is 0. The predicted octanol–water partition coefficient (Wildman–Crippen LogP) is -2.72. The number of carbonyl (C=O) groups is 5. The molecule has 33 heavy (non-hydrogen) atoms. The van der Waals surface area contributed by atoms with Gasteiger partial charge in [0, 0.05) is 18.6 Å². The molecule has 0 aliphatic carbocycles. The van der Waals surface area contributed by atoms with Crippen LogP contribution in [0.1, 0.15) is 18.4 Å². The summed E-state index contributed by atoms with van der Waals surface area (Å²) >= 11 is 3.88. The molecule has 0 aromatic heterocycles. The van der Waals surface area contributed by atoms with Crippen molar-refractivity contribution in [3.05, 3.63) is 35.9 Å². The number of amides is 4. The molecule has 0 fully saturated rings. The van der Waals surface area contributed by atoms with Crippen LogP contribution in [0.3, 0.4) is 0 Å². The van der Waals surface area contributed by atoms with Gasteiger partial charge in [0.2, 0.25) is 23.6 Å². The number of benzene rings is 1. The Bertz CT molecular complexity index is 839. The number of carboxylic acid groups (broad SMARTS) is 1. The summed E-state index contributed by atoms with van der Waals surface area (Å²) in [6, 6.07) is 3.44. The fourth-order valence-corrected chi connectivity index (χ4v) is 2.87. The SMILES string of the molecule is NC(=O)CCC(NC(=O)C(CO)NC(=O)C(N)CS)C(=O)NC(Cc1ccccc1)C(=O)O. The molecule has 182 valence electrons. The second-order valence-electron chi connectivity index (χ2n) is 7.19. The van der Waals surface area contributed by atoms with Crippen molar-refractivity contribution in [3.63, 3.8) is 0 Å². The van der Waals surface area contributed by atoms with Crippen molar-refractivity contribution in [3.8, 4) is 0 Å². The highest BCUT2D eigenvalue weighted by Crippen LogP contribution is 2.06. The molecule has 0 radical (unpaired) electrons. The average Bonchev–Trinajstić information content (AvgIpc) is 2.78. The predicted molar refractivity (Wildman–Crippen MR) is 121 cm³/mol. The van der Waals surface area contributed by atoms with Gasteiger partial charge >= 0.3 is 5.97 Å². The molecule has 4 amide bonds. The lowest BCUT2D eigenvalue weighted by molar-refractivity contribution is -0.142. The number of aliphatic hydroxyl groups excluding tert-OH is 1. The van der Waals surface area contributed by atoms with Gasteiger partial charge in [-0.25, -0.2) is 4.79 Å². The third-order valence-electron chi connectivity index (χ3n) is 4.56. The number of aliphatic carboxylic acids is 1. The summed E-state index contributed by atoms with van der Waals surface area (Å²) in [5.74, 6) is -4.60. The van der Waals surface area contributed by atoms with Gasteiger partial charge in [-0.2, -0.15) is 12.6 Å². The summed E-state index contributed by atoms with van der Waals surface area (Å²) < 4.78 is 0. The summed E-state index contributed by atoms with van der Waals surface area (Å²) in [6.45, 7) is -0.799. The monoisotopic (exact) mass is 483 g/mol. The molecule has 0 spiro atoms. The number of hydrogen-bond acceptors (Lipinski definition) is 8. The first-order valence-electron chi connectivity index (χ1n) is 10.0. The summed E-state index contributed by atoms with van der Waals surface area (Å²) in [6.07, 6.45) is -0.530. The number of carboxylic acids is 1. The van der Waals surface area contributed by atoms with Gasteiger partial charge in [-0.15, -0.1) is 0 Å². The zero-order chi connectivity index (χ0) is 25.0. The zero-order valence-corrected chi connectivity index (χ0v) is 18.7. The number of thiol groups is 1. The highest BCUT2D eigenvalue weighted by molar-refractivity contribution is 7.80. The Morgan fingerprint density at radius 2 is 1.45 bits per heavy atom. The van der Waals surface area contributed by atoms with E-state index in [1.807, 2.05) is 0 Å². The fraction of sp³-hybridized carbons (Fsp3) is 0.450. The van der Waals surface area contributed by atoms with E-state index in [1.165, 1.54) is 0 Å². The van der Waals surface area contributed by atoms with Crippen LogP contribution in [-0.4, -0.2) is 76.3 Å². The molecule has 0 aliphatic heterocycles. The third-order valence-corrected chi connectivity index (χ3v) is 4.95. The van der Waals surface area contributed by atoms with E-state index in [4.69, 9.17) is 11.5 Å². The van der Waals surface area contributed by atoms with E-state index in [1.54, 1.807) is 30.3 Å². The summed E-state index contributed by atoms with van der Waals surface area (Å²) in [4.78, 5) is 60.0. The Morgan fingerprint density at radius 1 is 0.909 bits per heavy atom. The van der Waals surface area contributed by atoms with E-state index in [-0.39, 0.29) is 25.0 Å². The van der Waals surface area contributed by atoms with Gasteiger partial charge in [-0.05, 0) is 12.0 Å². The molecule has 0 aliphatic rings. The second-order valence-corrected chi connectivity index (χ2v) is 7.55. The van der Waals surface area contributed by atoms with Crippen molar-refractivity contribution in [1.29, 1.82) is 0 Å². The van der Waals surface area contributed by atoms with Gasteiger partial charge in [0.25, 0.3) is 0 Å². The van der Waals surface area contributed by atoms with Crippen molar-refractivity contribution in [2.45, 2.75) is 43.4 Å². The number of nitrogens with one attached hydrogen (secondary N) is 3.